The standard InChI is InChI=1S/C10H17O/c1-9(11)7-8-10-5-3-2-4-6-10/h8,10H,2-7H2,1H3. The molecule has 1 nitrogen and oxygen atoms in total. The van der Waals surface area contributed by atoms with Crippen molar-refractivity contribution in [3.05, 3.63) is 6.42 Å². The minimum absolute atomic E-state index is 0.301. The molecular weight excluding hydrogens is 136 g/mol. The molecule has 0 aromatic heterocycles. The second-order valence-corrected chi connectivity index (χ2v) is 3.54. The van der Waals surface area contributed by atoms with Crippen molar-refractivity contribution in [1.82, 2.24) is 0 Å². The van der Waals surface area contributed by atoms with Crippen LogP contribution in [0.15, 0.2) is 0 Å². The molecule has 0 spiro atoms. The van der Waals surface area contributed by atoms with Crippen LogP contribution in [0.2, 0.25) is 0 Å². The van der Waals surface area contributed by atoms with Gasteiger partial charge in [-0.15, -0.1) is 0 Å². The number of hydrogen-bond acceptors (Lipinski definition) is 1. The van der Waals surface area contributed by atoms with E-state index in [1.807, 2.05) is 0 Å². The first kappa shape index (κ1) is 8.76. The van der Waals surface area contributed by atoms with Crippen LogP contribution in [0.1, 0.15) is 45.4 Å². The first-order valence-electron chi connectivity index (χ1n) is 4.62. The Labute approximate surface area is 69.2 Å². The fourth-order valence-electron chi connectivity index (χ4n) is 1.70. The van der Waals surface area contributed by atoms with Crippen LogP contribution in [0.3, 0.4) is 0 Å². The SMILES string of the molecule is CC(=O)C[CH]C1CCCCC1. The van der Waals surface area contributed by atoms with Crippen molar-refractivity contribution in [3.63, 3.8) is 0 Å². The van der Waals surface area contributed by atoms with Crippen LogP contribution in [0.25, 0.3) is 0 Å². The van der Waals surface area contributed by atoms with Crippen molar-refractivity contribution in [2.45, 2.75) is 45.4 Å². The molecule has 0 aliphatic heterocycles. The van der Waals surface area contributed by atoms with E-state index in [1.165, 1.54) is 32.1 Å². The van der Waals surface area contributed by atoms with Gasteiger partial charge in [0, 0.05) is 6.42 Å². The van der Waals surface area contributed by atoms with Gasteiger partial charge in [-0.3, -0.25) is 0 Å². The average molecular weight is 153 g/mol. The topological polar surface area (TPSA) is 17.1 Å². The molecule has 0 aromatic carbocycles. The van der Waals surface area contributed by atoms with Crippen molar-refractivity contribution in [1.29, 1.82) is 0 Å². The van der Waals surface area contributed by atoms with Gasteiger partial charge in [-0.1, -0.05) is 32.1 Å². The van der Waals surface area contributed by atoms with Crippen LogP contribution in [-0.4, -0.2) is 5.78 Å². The number of hydrogen-bond donors (Lipinski definition) is 0. The highest BCUT2D eigenvalue weighted by Crippen LogP contribution is 2.26. The lowest BCUT2D eigenvalue weighted by atomic mass is 9.86. The molecule has 0 bridgehead atoms. The van der Waals surface area contributed by atoms with Crippen molar-refractivity contribution >= 4 is 5.78 Å². The number of carbonyl (C=O) groups is 1. The minimum atomic E-state index is 0.301. The van der Waals surface area contributed by atoms with Crippen molar-refractivity contribution < 1.29 is 4.79 Å². The van der Waals surface area contributed by atoms with Crippen molar-refractivity contribution in [2.24, 2.45) is 5.92 Å². The van der Waals surface area contributed by atoms with Crippen molar-refractivity contribution in [2.75, 3.05) is 0 Å². The summed E-state index contributed by atoms with van der Waals surface area (Å²) in [6.07, 6.45) is 9.63. The summed E-state index contributed by atoms with van der Waals surface area (Å²) in [7, 11) is 0. The fourth-order valence-corrected chi connectivity index (χ4v) is 1.70. The van der Waals surface area contributed by atoms with Gasteiger partial charge < -0.3 is 4.79 Å². The number of rotatable bonds is 3. The van der Waals surface area contributed by atoms with Gasteiger partial charge in [-0.25, -0.2) is 0 Å². The largest absolute Gasteiger partial charge is 0.300 e. The second kappa shape index (κ2) is 4.53. The van der Waals surface area contributed by atoms with Crippen molar-refractivity contribution in [3.8, 4) is 0 Å². The molecule has 0 unspecified atom stereocenters. The van der Waals surface area contributed by atoms with Crippen LogP contribution in [0.4, 0.5) is 0 Å². The molecule has 1 radical (unpaired) electrons. The minimum Gasteiger partial charge on any atom is -0.300 e. The molecule has 1 saturated carbocycles. The van der Waals surface area contributed by atoms with Crippen LogP contribution in [0.5, 0.6) is 0 Å². The summed E-state index contributed by atoms with van der Waals surface area (Å²) in [6, 6.07) is 0. The zero-order chi connectivity index (χ0) is 8.10. The summed E-state index contributed by atoms with van der Waals surface area (Å²) in [4.78, 5) is 10.7. The van der Waals surface area contributed by atoms with Gasteiger partial charge in [0.15, 0.2) is 0 Å². The molecule has 0 aromatic rings. The van der Waals surface area contributed by atoms with Gasteiger partial charge in [-0.2, -0.15) is 0 Å². The van der Waals surface area contributed by atoms with Gasteiger partial charge >= 0.3 is 0 Å². The quantitative estimate of drug-likeness (QED) is 0.609. The molecule has 1 fully saturated rings. The summed E-state index contributed by atoms with van der Waals surface area (Å²) in [5.41, 5.74) is 0. The molecule has 11 heavy (non-hydrogen) atoms. The van der Waals surface area contributed by atoms with E-state index < -0.39 is 0 Å². The summed E-state index contributed by atoms with van der Waals surface area (Å²) in [5.74, 6) is 1.04. The van der Waals surface area contributed by atoms with E-state index in [1.54, 1.807) is 6.92 Å². The van der Waals surface area contributed by atoms with E-state index in [0.29, 0.717) is 12.2 Å². The third-order valence-electron chi connectivity index (χ3n) is 2.39. The Kier molecular flexibility index (Phi) is 3.61. The Hall–Kier alpha value is -0.330. The molecule has 0 N–H and O–H groups in total. The average Bonchev–Trinajstić information content (AvgIpc) is 2.03. The number of carbonyl (C=O) groups excluding carboxylic acids is 1. The number of Topliss-reactive ketones (excluding diaryl/α,β-unsaturated/α-hetero) is 1. The predicted octanol–water partition coefficient (Wildman–Crippen LogP) is 2.75. The molecule has 1 rings (SSSR count). The molecule has 1 aliphatic carbocycles. The molecular formula is C10H17O. The first-order chi connectivity index (χ1) is 5.29. The lowest BCUT2D eigenvalue weighted by molar-refractivity contribution is -0.116. The zero-order valence-corrected chi connectivity index (χ0v) is 7.31. The Morgan fingerprint density at radius 2 is 2.00 bits per heavy atom. The highest BCUT2D eigenvalue weighted by Gasteiger charge is 2.13. The first-order valence-corrected chi connectivity index (χ1v) is 4.62. The Balaban J connectivity index is 2.09. The fraction of sp³-hybridized carbons (Fsp3) is 0.800. The predicted molar refractivity (Wildman–Crippen MR) is 46.2 cm³/mol. The second-order valence-electron chi connectivity index (χ2n) is 3.54. The van der Waals surface area contributed by atoms with E-state index in [9.17, 15) is 4.79 Å². The normalized spacial score (nSPS) is 20.1. The van der Waals surface area contributed by atoms with E-state index in [4.69, 9.17) is 0 Å². The summed E-state index contributed by atoms with van der Waals surface area (Å²) in [5, 5.41) is 0. The maximum atomic E-state index is 10.7. The molecule has 0 saturated heterocycles. The zero-order valence-electron chi connectivity index (χ0n) is 7.31. The number of ketones is 1. The highest BCUT2D eigenvalue weighted by atomic mass is 16.1. The van der Waals surface area contributed by atoms with E-state index in [-0.39, 0.29) is 0 Å². The van der Waals surface area contributed by atoms with Crippen LogP contribution < -0.4 is 0 Å². The lowest BCUT2D eigenvalue weighted by Crippen LogP contribution is -2.08. The van der Waals surface area contributed by atoms with E-state index in [2.05, 4.69) is 6.42 Å². The maximum absolute atomic E-state index is 10.7. The Bertz CT molecular complexity index is 123. The van der Waals surface area contributed by atoms with Gasteiger partial charge in [0.05, 0.1) is 0 Å². The maximum Gasteiger partial charge on any atom is 0.130 e. The van der Waals surface area contributed by atoms with Gasteiger partial charge in [0.1, 0.15) is 5.78 Å². The third-order valence-corrected chi connectivity index (χ3v) is 2.39. The molecule has 0 heterocycles. The molecule has 0 atom stereocenters. The van der Waals surface area contributed by atoms with Crippen LogP contribution in [-0.2, 0) is 4.79 Å². The molecule has 0 amide bonds. The van der Waals surface area contributed by atoms with Gasteiger partial charge in [0.25, 0.3) is 0 Å². The van der Waals surface area contributed by atoms with Gasteiger partial charge in [0.2, 0.25) is 0 Å². The highest BCUT2D eigenvalue weighted by molar-refractivity contribution is 5.76. The van der Waals surface area contributed by atoms with E-state index >= 15 is 0 Å². The van der Waals surface area contributed by atoms with E-state index in [0.717, 1.165) is 5.92 Å². The molecule has 1 aliphatic rings. The molecule has 63 valence electrons. The Morgan fingerprint density at radius 1 is 1.36 bits per heavy atom. The smallest absolute Gasteiger partial charge is 0.130 e. The lowest BCUT2D eigenvalue weighted by Gasteiger charge is -2.20. The summed E-state index contributed by atoms with van der Waals surface area (Å²) >= 11 is 0. The molecule has 1 heteroatoms. The van der Waals surface area contributed by atoms with Crippen LogP contribution in [0, 0.1) is 12.3 Å². The van der Waals surface area contributed by atoms with Gasteiger partial charge in [-0.05, 0) is 19.3 Å². The summed E-state index contributed by atoms with van der Waals surface area (Å²) < 4.78 is 0. The van der Waals surface area contributed by atoms with Crippen LogP contribution >= 0.6 is 0 Å². The monoisotopic (exact) mass is 153 g/mol. The third kappa shape index (κ3) is 3.54. The Morgan fingerprint density at radius 3 is 2.55 bits per heavy atom. The summed E-state index contributed by atoms with van der Waals surface area (Å²) in [6.45, 7) is 1.67.